The van der Waals surface area contributed by atoms with E-state index in [2.05, 4.69) is 16.0 Å². The van der Waals surface area contributed by atoms with E-state index in [0.29, 0.717) is 49.2 Å². The number of carbonyl (C=O) groups is 1. The Balaban J connectivity index is 1.58. The summed E-state index contributed by atoms with van der Waals surface area (Å²) in [5.74, 6) is 0.148. The number of hydrogen-bond acceptors (Lipinski definition) is 6. The summed E-state index contributed by atoms with van der Waals surface area (Å²) in [6.45, 7) is 4.81. The highest BCUT2D eigenvalue weighted by Crippen LogP contribution is 2.37. The molecule has 1 amide bonds. The fraction of sp³-hybridized carbons (Fsp3) is 0.452. The minimum absolute atomic E-state index is 0.000954. The standard InChI is InChI=1S/C31H35F6N5O3/c1-18-5-3-4-6-24(18)27-15-28(41-9-7-23(8-10-41)40-19(2)43)45-29-25(16-38-17-39-29)26(42(27)44)13-20-11-21(30(32,33)34)14-22(12-20)31(35,36)37/h3-6,11-12,14-15,23,26,28,38-39,42H,7-10,13,16-17H2,1-2H3,(H,40,43)/b27-15-. The molecule has 0 aliphatic carbocycles. The lowest BCUT2D eigenvalue weighted by molar-refractivity contribution is -0.793. The summed E-state index contributed by atoms with van der Waals surface area (Å²) in [7, 11) is 0. The van der Waals surface area contributed by atoms with Gasteiger partial charge in [0.25, 0.3) is 0 Å². The maximum absolute atomic E-state index is 14.6. The van der Waals surface area contributed by atoms with Crippen molar-refractivity contribution in [1.29, 1.82) is 0 Å². The smallest absolute Gasteiger partial charge is 0.416 e. The number of benzene rings is 2. The summed E-state index contributed by atoms with van der Waals surface area (Å²) in [6, 6.07) is 7.45. The molecule has 5 rings (SSSR count). The van der Waals surface area contributed by atoms with Crippen LogP contribution in [0.3, 0.4) is 0 Å². The number of piperidine rings is 1. The number of nitrogens with one attached hydrogen (secondary N) is 4. The quantitative estimate of drug-likeness (QED) is 0.295. The van der Waals surface area contributed by atoms with Gasteiger partial charge < -0.3 is 25.6 Å². The molecule has 3 unspecified atom stereocenters. The van der Waals surface area contributed by atoms with Gasteiger partial charge in [0.1, 0.15) is 11.7 Å². The molecule has 2 aromatic rings. The van der Waals surface area contributed by atoms with E-state index in [1.165, 1.54) is 6.92 Å². The van der Waals surface area contributed by atoms with Crippen molar-refractivity contribution in [1.82, 2.24) is 20.9 Å². The minimum atomic E-state index is -5.02. The zero-order chi connectivity index (χ0) is 32.5. The molecule has 8 nitrogen and oxygen atoms in total. The first-order valence-corrected chi connectivity index (χ1v) is 14.7. The average molecular weight is 640 g/mol. The molecular formula is C31H35F6N5O3. The Hall–Kier alpha value is -3.59. The molecule has 0 spiro atoms. The molecule has 0 aromatic heterocycles. The summed E-state index contributed by atoms with van der Waals surface area (Å²) in [4.78, 5) is 13.6. The van der Waals surface area contributed by atoms with E-state index in [9.17, 15) is 36.3 Å². The number of hydrogen-bond donors (Lipinski definition) is 4. The first-order valence-electron chi connectivity index (χ1n) is 14.7. The number of quaternary nitrogens is 1. The van der Waals surface area contributed by atoms with E-state index < -0.39 is 47.2 Å². The van der Waals surface area contributed by atoms with Crippen molar-refractivity contribution in [3.05, 3.63) is 93.0 Å². The predicted molar refractivity (Wildman–Crippen MR) is 154 cm³/mol. The first kappa shape index (κ1) is 32.8. The molecule has 0 bridgehead atoms. The number of halogens is 6. The molecule has 1 saturated heterocycles. The van der Waals surface area contributed by atoms with Crippen molar-refractivity contribution in [2.24, 2.45) is 0 Å². The summed E-state index contributed by atoms with van der Waals surface area (Å²) in [5.41, 5.74) is -1.10. The van der Waals surface area contributed by atoms with Crippen molar-refractivity contribution in [3.8, 4) is 0 Å². The van der Waals surface area contributed by atoms with E-state index in [1.54, 1.807) is 18.2 Å². The van der Waals surface area contributed by atoms with Gasteiger partial charge in [-0.15, -0.1) is 0 Å². The van der Waals surface area contributed by atoms with Crippen LogP contribution in [0.25, 0.3) is 5.70 Å². The molecule has 0 radical (unpaired) electrons. The van der Waals surface area contributed by atoms with E-state index >= 15 is 0 Å². The second kappa shape index (κ2) is 13.0. The monoisotopic (exact) mass is 639 g/mol. The Morgan fingerprint density at radius 1 is 1.07 bits per heavy atom. The number of ether oxygens (including phenoxy) is 1. The minimum Gasteiger partial charge on any atom is -0.628 e. The maximum Gasteiger partial charge on any atom is 0.416 e. The van der Waals surface area contributed by atoms with Crippen LogP contribution in [0.4, 0.5) is 26.3 Å². The van der Waals surface area contributed by atoms with Crippen LogP contribution < -0.4 is 21.0 Å². The molecule has 4 N–H and O–H groups in total. The molecule has 3 atom stereocenters. The van der Waals surface area contributed by atoms with E-state index in [-0.39, 0.29) is 48.4 Å². The Morgan fingerprint density at radius 3 is 2.31 bits per heavy atom. The second-order valence-electron chi connectivity index (χ2n) is 11.6. The predicted octanol–water partition coefficient (Wildman–Crippen LogP) is 3.69. The Labute approximate surface area is 256 Å². The van der Waals surface area contributed by atoms with Crippen LogP contribution in [0.5, 0.6) is 0 Å². The van der Waals surface area contributed by atoms with Gasteiger partial charge in [0.05, 0.1) is 23.4 Å². The number of likely N-dealkylation sites (tertiary alicyclic amines) is 1. The van der Waals surface area contributed by atoms with Crippen LogP contribution in [0.1, 0.15) is 47.6 Å². The van der Waals surface area contributed by atoms with Gasteiger partial charge in [0.2, 0.25) is 5.91 Å². The molecule has 1 fully saturated rings. The van der Waals surface area contributed by atoms with Gasteiger partial charge in [-0.1, -0.05) is 18.2 Å². The molecule has 14 heteroatoms. The lowest BCUT2D eigenvalue weighted by atomic mass is 9.93. The zero-order valence-electron chi connectivity index (χ0n) is 24.7. The van der Waals surface area contributed by atoms with Crippen LogP contribution >= 0.6 is 0 Å². The Morgan fingerprint density at radius 2 is 1.71 bits per heavy atom. The number of rotatable bonds is 5. The van der Waals surface area contributed by atoms with Gasteiger partial charge in [-0.3, -0.25) is 15.0 Å². The normalized spacial score (nSPS) is 24.8. The summed E-state index contributed by atoms with van der Waals surface area (Å²) in [5, 5.41) is 23.2. The lowest BCUT2D eigenvalue weighted by Gasteiger charge is -2.42. The average Bonchev–Trinajstić information content (AvgIpc) is 2.97. The lowest BCUT2D eigenvalue weighted by Crippen LogP contribution is -3.09. The largest absolute Gasteiger partial charge is 0.628 e. The fourth-order valence-corrected chi connectivity index (χ4v) is 6.11. The highest BCUT2D eigenvalue weighted by Gasteiger charge is 2.40. The van der Waals surface area contributed by atoms with Crippen molar-refractivity contribution in [3.63, 3.8) is 0 Å². The van der Waals surface area contributed by atoms with Crippen LogP contribution in [-0.4, -0.2) is 55.4 Å². The maximum atomic E-state index is 14.6. The van der Waals surface area contributed by atoms with Crippen molar-refractivity contribution in [2.45, 2.75) is 63.8 Å². The van der Waals surface area contributed by atoms with Gasteiger partial charge in [-0.25, -0.2) is 0 Å². The number of alkyl halides is 6. The van der Waals surface area contributed by atoms with E-state index in [4.69, 9.17) is 4.74 Å². The van der Waals surface area contributed by atoms with Gasteiger partial charge >= 0.3 is 12.4 Å². The number of nitrogens with zero attached hydrogens (tertiary/aromatic N) is 1. The van der Waals surface area contributed by atoms with Crippen molar-refractivity contribution < 1.29 is 40.9 Å². The van der Waals surface area contributed by atoms with Gasteiger partial charge in [0.15, 0.2) is 12.1 Å². The SMILES string of the molecule is CC(=O)NC1CCN(C2/C=C(/c3ccccc3C)[NH+]([O-])C(Cc3cc(C(F)(F)F)cc(C(F)(F)F)c3)C3=C(NCNC3)O2)CC1. The molecule has 3 aliphatic heterocycles. The van der Waals surface area contributed by atoms with E-state index in [0.717, 1.165) is 5.56 Å². The van der Waals surface area contributed by atoms with E-state index in [1.807, 2.05) is 24.0 Å². The Bertz CT molecular complexity index is 1430. The fourth-order valence-electron chi connectivity index (χ4n) is 6.11. The molecule has 3 heterocycles. The number of amides is 1. The van der Waals surface area contributed by atoms with Gasteiger partial charge in [-0.2, -0.15) is 26.3 Å². The summed E-state index contributed by atoms with van der Waals surface area (Å²) in [6.07, 6.45) is -8.15. The van der Waals surface area contributed by atoms with Crippen LogP contribution in [-0.2, 0) is 28.3 Å². The number of carbonyl (C=O) groups excluding carboxylic acids is 1. The summed E-state index contributed by atoms with van der Waals surface area (Å²) >= 11 is 0. The Kier molecular flexibility index (Phi) is 9.49. The zero-order valence-corrected chi connectivity index (χ0v) is 24.7. The van der Waals surface area contributed by atoms with Crippen LogP contribution in [0.2, 0.25) is 0 Å². The molecule has 3 aliphatic rings. The molecule has 0 saturated carbocycles. The van der Waals surface area contributed by atoms with Crippen LogP contribution in [0, 0.1) is 12.1 Å². The number of hydroxylamine groups is 2. The second-order valence-corrected chi connectivity index (χ2v) is 11.6. The number of aryl methyl sites for hydroxylation is 1. The topological polar surface area (TPSA) is 93.1 Å². The van der Waals surface area contributed by atoms with Crippen molar-refractivity contribution in [2.75, 3.05) is 26.3 Å². The third-order valence-electron chi connectivity index (χ3n) is 8.35. The third kappa shape index (κ3) is 7.63. The van der Waals surface area contributed by atoms with Crippen LogP contribution in [0.15, 0.2) is 60.0 Å². The summed E-state index contributed by atoms with van der Waals surface area (Å²) < 4.78 is 88.7. The molecule has 244 valence electrons. The van der Waals surface area contributed by atoms with Crippen molar-refractivity contribution >= 4 is 11.6 Å². The highest BCUT2D eigenvalue weighted by molar-refractivity contribution is 5.73. The molecule has 2 aromatic carbocycles. The first-order chi connectivity index (χ1) is 21.2. The third-order valence-corrected chi connectivity index (χ3v) is 8.35. The molecular weight excluding hydrogens is 604 g/mol. The highest BCUT2D eigenvalue weighted by atomic mass is 19.4. The van der Waals surface area contributed by atoms with Gasteiger partial charge in [-0.05, 0) is 55.2 Å². The van der Waals surface area contributed by atoms with Gasteiger partial charge in [0, 0.05) is 50.7 Å². The molecule has 45 heavy (non-hydrogen) atoms.